The van der Waals surface area contributed by atoms with Gasteiger partial charge in [0.05, 0.1) is 19.2 Å². The molecule has 4 nitrogen and oxygen atoms in total. The molecular formula is C13H9BrClNO3S. The van der Waals surface area contributed by atoms with Crippen LogP contribution in [0.15, 0.2) is 28.1 Å². The van der Waals surface area contributed by atoms with Crippen LogP contribution in [0.5, 0.6) is 0 Å². The normalized spacial score (nSPS) is 10.3. The Morgan fingerprint density at radius 2 is 2.05 bits per heavy atom. The largest absolute Gasteiger partial charge is 0.478 e. The summed E-state index contributed by atoms with van der Waals surface area (Å²) in [5.74, 6) is -1.37. The molecule has 0 spiro atoms. The van der Waals surface area contributed by atoms with Crippen molar-refractivity contribution >= 4 is 56.4 Å². The lowest BCUT2D eigenvalue weighted by Gasteiger charge is -2.05. The summed E-state index contributed by atoms with van der Waals surface area (Å²) in [6, 6.07) is 6.05. The fourth-order valence-electron chi connectivity index (χ4n) is 1.53. The Balaban J connectivity index is 2.20. The average Bonchev–Trinajstić information content (AvgIpc) is 2.69. The number of carbonyl (C=O) groups excluding carboxylic acids is 1. The monoisotopic (exact) mass is 373 g/mol. The molecule has 0 saturated carbocycles. The van der Waals surface area contributed by atoms with Crippen molar-refractivity contribution in [2.75, 3.05) is 5.32 Å². The fourth-order valence-corrected chi connectivity index (χ4v) is 3.22. The van der Waals surface area contributed by atoms with E-state index in [1.807, 2.05) is 6.92 Å². The van der Waals surface area contributed by atoms with Gasteiger partial charge in [-0.1, -0.05) is 11.6 Å². The topological polar surface area (TPSA) is 66.4 Å². The summed E-state index contributed by atoms with van der Waals surface area (Å²) in [5.41, 5.74) is 1.44. The van der Waals surface area contributed by atoms with Crippen LogP contribution in [0.2, 0.25) is 5.02 Å². The second-order valence-corrected chi connectivity index (χ2v) is 6.80. The molecule has 104 valence electrons. The van der Waals surface area contributed by atoms with Crippen LogP contribution < -0.4 is 5.32 Å². The Hall–Kier alpha value is -1.37. The molecule has 0 unspecified atom stereocenters. The van der Waals surface area contributed by atoms with E-state index in [1.165, 1.54) is 29.5 Å². The Labute approximate surface area is 132 Å². The average molecular weight is 375 g/mol. The van der Waals surface area contributed by atoms with Gasteiger partial charge in [-0.15, -0.1) is 11.3 Å². The quantitative estimate of drug-likeness (QED) is 0.835. The molecule has 7 heteroatoms. The number of carboxylic acid groups (broad SMARTS) is 1. The highest BCUT2D eigenvalue weighted by Crippen LogP contribution is 2.28. The van der Waals surface area contributed by atoms with Crippen LogP contribution in [-0.4, -0.2) is 17.0 Å². The number of aromatic carboxylic acids is 1. The van der Waals surface area contributed by atoms with Gasteiger partial charge in [0.2, 0.25) is 0 Å². The van der Waals surface area contributed by atoms with Crippen LogP contribution >= 0.6 is 38.9 Å². The van der Waals surface area contributed by atoms with E-state index in [2.05, 4.69) is 21.2 Å². The molecule has 0 radical (unpaired) electrons. The SMILES string of the molecule is Cc1cc(C(=O)Nc2ccc(C(=O)O)c(Cl)c2)sc1Br. The van der Waals surface area contributed by atoms with Crippen LogP contribution in [0.25, 0.3) is 0 Å². The van der Waals surface area contributed by atoms with Crippen LogP contribution in [-0.2, 0) is 0 Å². The number of nitrogens with one attached hydrogen (secondary N) is 1. The maximum Gasteiger partial charge on any atom is 0.337 e. The standard InChI is InChI=1S/C13H9BrClNO3S/c1-6-4-10(20-11(6)14)12(17)16-7-2-3-8(13(18)19)9(15)5-7/h2-5H,1H3,(H,16,17)(H,18,19). The maximum absolute atomic E-state index is 12.0. The molecule has 1 heterocycles. The zero-order chi connectivity index (χ0) is 14.9. The van der Waals surface area contributed by atoms with Gasteiger partial charge < -0.3 is 10.4 Å². The van der Waals surface area contributed by atoms with Crippen LogP contribution in [0.1, 0.15) is 25.6 Å². The van der Waals surface area contributed by atoms with Crippen LogP contribution in [0, 0.1) is 6.92 Å². The Morgan fingerprint density at radius 3 is 2.55 bits per heavy atom. The number of amides is 1. The molecule has 0 saturated heterocycles. The van der Waals surface area contributed by atoms with Gasteiger partial charge in [0.1, 0.15) is 0 Å². The number of halogens is 2. The number of rotatable bonds is 3. The zero-order valence-corrected chi connectivity index (χ0v) is 13.4. The smallest absolute Gasteiger partial charge is 0.337 e. The van der Waals surface area contributed by atoms with E-state index in [0.29, 0.717) is 10.6 Å². The highest BCUT2D eigenvalue weighted by Gasteiger charge is 2.13. The Bertz CT molecular complexity index is 679. The summed E-state index contributed by atoms with van der Waals surface area (Å²) in [6.45, 7) is 1.90. The van der Waals surface area contributed by atoms with Crippen molar-refractivity contribution in [3.63, 3.8) is 0 Å². The van der Waals surface area contributed by atoms with E-state index in [0.717, 1.165) is 9.35 Å². The number of benzene rings is 1. The molecule has 0 fully saturated rings. The first-order valence-electron chi connectivity index (χ1n) is 5.48. The molecule has 0 aliphatic carbocycles. The summed E-state index contributed by atoms with van der Waals surface area (Å²) in [7, 11) is 0. The fraction of sp³-hybridized carbons (Fsp3) is 0.0769. The predicted molar refractivity (Wildman–Crippen MR) is 83.1 cm³/mol. The number of thiophene rings is 1. The first-order chi connectivity index (χ1) is 9.38. The third kappa shape index (κ3) is 3.20. The molecule has 0 atom stereocenters. The van der Waals surface area contributed by atoms with Gasteiger partial charge in [-0.2, -0.15) is 0 Å². The lowest BCUT2D eigenvalue weighted by molar-refractivity contribution is 0.0697. The molecule has 20 heavy (non-hydrogen) atoms. The second-order valence-electron chi connectivity index (χ2n) is 4.02. The summed E-state index contributed by atoms with van der Waals surface area (Å²) < 4.78 is 0.905. The van der Waals surface area contributed by atoms with Crippen LogP contribution in [0.4, 0.5) is 5.69 Å². The maximum atomic E-state index is 12.0. The van der Waals surface area contributed by atoms with E-state index in [-0.39, 0.29) is 16.5 Å². The van der Waals surface area contributed by atoms with E-state index in [1.54, 1.807) is 6.07 Å². The van der Waals surface area contributed by atoms with Crippen molar-refractivity contribution in [3.8, 4) is 0 Å². The Kier molecular flexibility index (Phi) is 4.47. The van der Waals surface area contributed by atoms with E-state index in [4.69, 9.17) is 16.7 Å². The van der Waals surface area contributed by atoms with Crippen molar-refractivity contribution in [1.82, 2.24) is 0 Å². The van der Waals surface area contributed by atoms with E-state index in [9.17, 15) is 9.59 Å². The van der Waals surface area contributed by atoms with Crippen molar-refractivity contribution in [1.29, 1.82) is 0 Å². The van der Waals surface area contributed by atoms with Gasteiger partial charge in [-0.3, -0.25) is 4.79 Å². The van der Waals surface area contributed by atoms with Gasteiger partial charge in [0.25, 0.3) is 5.91 Å². The number of aryl methyl sites for hydroxylation is 1. The molecule has 2 aromatic rings. The van der Waals surface area contributed by atoms with Gasteiger partial charge >= 0.3 is 5.97 Å². The Morgan fingerprint density at radius 1 is 1.35 bits per heavy atom. The number of carboxylic acids is 1. The highest BCUT2D eigenvalue weighted by atomic mass is 79.9. The van der Waals surface area contributed by atoms with Crippen molar-refractivity contribution in [2.24, 2.45) is 0 Å². The molecule has 0 aliphatic rings. The molecule has 1 aromatic carbocycles. The molecule has 1 amide bonds. The molecule has 1 aromatic heterocycles. The summed E-state index contributed by atoms with van der Waals surface area (Å²) in [6.07, 6.45) is 0. The number of anilines is 1. The van der Waals surface area contributed by atoms with E-state index < -0.39 is 5.97 Å². The first kappa shape index (κ1) is 15.0. The summed E-state index contributed by atoms with van der Waals surface area (Å²) in [5, 5.41) is 11.6. The summed E-state index contributed by atoms with van der Waals surface area (Å²) in [4.78, 5) is 23.4. The minimum absolute atomic E-state index is 0.000576. The molecule has 2 rings (SSSR count). The molecule has 0 bridgehead atoms. The molecular weight excluding hydrogens is 366 g/mol. The van der Waals surface area contributed by atoms with Gasteiger partial charge in [0.15, 0.2) is 0 Å². The third-order valence-corrected chi connectivity index (χ3v) is 4.99. The number of hydrogen-bond donors (Lipinski definition) is 2. The molecule has 0 aliphatic heterocycles. The third-order valence-electron chi connectivity index (χ3n) is 2.54. The molecule has 2 N–H and O–H groups in total. The number of carbonyl (C=O) groups is 2. The van der Waals surface area contributed by atoms with Crippen molar-refractivity contribution < 1.29 is 14.7 Å². The lowest BCUT2D eigenvalue weighted by atomic mass is 10.2. The van der Waals surface area contributed by atoms with Gasteiger partial charge in [-0.05, 0) is 52.7 Å². The zero-order valence-electron chi connectivity index (χ0n) is 10.2. The van der Waals surface area contributed by atoms with Gasteiger partial charge in [-0.25, -0.2) is 4.79 Å². The number of hydrogen-bond acceptors (Lipinski definition) is 3. The minimum Gasteiger partial charge on any atom is -0.478 e. The summed E-state index contributed by atoms with van der Waals surface area (Å²) >= 11 is 10.5. The van der Waals surface area contributed by atoms with E-state index >= 15 is 0 Å². The van der Waals surface area contributed by atoms with Crippen molar-refractivity contribution in [3.05, 3.63) is 49.1 Å². The predicted octanol–water partition coefficient (Wildman–Crippen LogP) is 4.42. The van der Waals surface area contributed by atoms with Crippen molar-refractivity contribution in [2.45, 2.75) is 6.92 Å². The second kappa shape index (κ2) is 5.95. The lowest BCUT2D eigenvalue weighted by Crippen LogP contribution is -2.10. The van der Waals surface area contributed by atoms with Crippen LogP contribution in [0.3, 0.4) is 0 Å². The highest BCUT2D eigenvalue weighted by molar-refractivity contribution is 9.11. The van der Waals surface area contributed by atoms with Gasteiger partial charge in [0, 0.05) is 5.69 Å². The minimum atomic E-state index is -1.11. The first-order valence-corrected chi connectivity index (χ1v) is 7.47.